The lowest BCUT2D eigenvalue weighted by Crippen LogP contribution is -2.08. The molecule has 0 aliphatic heterocycles. The molecule has 0 aliphatic carbocycles. The Morgan fingerprint density at radius 2 is 1.69 bits per heavy atom. The Bertz CT molecular complexity index is 934. The number of hydrogen-bond acceptors (Lipinski definition) is 4. The third-order valence-corrected chi connectivity index (χ3v) is 3.65. The molecule has 0 aliphatic rings. The number of carbonyl (C=O) groups excluding carboxylic acids is 1. The molecule has 1 heterocycles. The Balaban J connectivity index is 1.61. The third kappa shape index (κ3) is 4.39. The fraction of sp³-hybridized carbons (Fsp3) is 0. The van der Waals surface area contributed by atoms with Crippen LogP contribution < -0.4 is 5.32 Å². The number of hydrogen-bond donors (Lipinski definition) is 1. The number of anilines is 1. The van der Waals surface area contributed by atoms with Crippen molar-refractivity contribution in [1.82, 2.24) is 4.98 Å². The van der Waals surface area contributed by atoms with E-state index in [-0.39, 0.29) is 11.6 Å². The molecule has 3 aromatic rings. The second-order valence-electron chi connectivity index (χ2n) is 5.47. The van der Waals surface area contributed by atoms with Crippen LogP contribution in [-0.2, 0) is 4.79 Å². The number of aromatic nitrogens is 1. The van der Waals surface area contributed by atoms with Crippen molar-refractivity contribution in [2.45, 2.75) is 0 Å². The van der Waals surface area contributed by atoms with E-state index in [0.29, 0.717) is 11.4 Å². The minimum Gasteiger partial charge on any atom is -0.307 e. The largest absolute Gasteiger partial charge is 0.307 e. The summed E-state index contributed by atoms with van der Waals surface area (Å²) in [6, 6.07) is 19.4. The molecule has 2 aromatic carbocycles. The maximum absolute atomic E-state index is 12.0. The van der Waals surface area contributed by atoms with Gasteiger partial charge in [0.15, 0.2) is 0 Å². The van der Waals surface area contributed by atoms with E-state index in [2.05, 4.69) is 10.3 Å². The number of pyridine rings is 1. The third-order valence-electron chi connectivity index (χ3n) is 3.65. The van der Waals surface area contributed by atoms with Crippen molar-refractivity contribution >= 4 is 23.5 Å². The summed E-state index contributed by atoms with van der Waals surface area (Å²) < 4.78 is 0. The van der Waals surface area contributed by atoms with Gasteiger partial charge < -0.3 is 5.32 Å². The zero-order chi connectivity index (χ0) is 18.4. The van der Waals surface area contributed by atoms with Gasteiger partial charge in [0.1, 0.15) is 5.82 Å². The Morgan fingerprint density at radius 3 is 2.31 bits per heavy atom. The summed E-state index contributed by atoms with van der Waals surface area (Å²) in [5.74, 6) is 0.117. The Kier molecular flexibility index (Phi) is 5.14. The lowest BCUT2D eigenvalue weighted by Gasteiger charge is -2.04. The fourth-order valence-electron chi connectivity index (χ4n) is 2.32. The second-order valence-corrected chi connectivity index (χ2v) is 5.47. The van der Waals surface area contributed by atoms with Crippen LogP contribution in [-0.4, -0.2) is 15.8 Å². The summed E-state index contributed by atoms with van der Waals surface area (Å²) in [5.41, 5.74) is 2.72. The summed E-state index contributed by atoms with van der Waals surface area (Å²) in [7, 11) is 0. The SMILES string of the molecule is O=C(C=Cc1ccc([N+](=O)[O-])cc1)Nc1ccc(-c2ccccc2)cn1. The van der Waals surface area contributed by atoms with Gasteiger partial charge in [-0.1, -0.05) is 30.3 Å². The molecule has 1 aromatic heterocycles. The first-order chi connectivity index (χ1) is 12.6. The van der Waals surface area contributed by atoms with Crippen LogP contribution in [0.2, 0.25) is 0 Å². The number of benzene rings is 2. The number of rotatable bonds is 5. The van der Waals surface area contributed by atoms with E-state index < -0.39 is 4.92 Å². The van der Waals surface area contributed by atoms with E-state index in [1.807, 2.05) is 36.4 Å². The topological polar surface area (TPSA) is 85.1 Å². The molecule has 0 radical (unpaired) electrons. The fourth-order valence-corrected chi connectivity index (χ4v) is 2.32. The van der Waals surface area contributed by atoms with Gasteiger partial charge in [-0.05, 0) is 41.5 Å². The van der Waals surface area contributed by atoms with Crippen LogP contribution in [0, 0.1) is 10.1 Å². The van der Waals surface area contributed by atoms with Crippen molar-refractivity contribution in [3.05, 3.63) is 94.7 Å². The molecule has 1 amide bonds. The quantitative estimate of drug-likeness (QED) is 0.424. The van der Waals surface area contributed by atoms with Crippen molar-refractivity contribution < 1.29 is 9.72 Å². The van der Waals surface area contributed by atoms with E-state index in [1.54, 1.807) is 30.5 Å². The Hall–Kier alpha value is -3.80. The predicted octanol–water partition coefficient (Wildman–Crippen LogP) is 4.31. The molecule has 0 spiro atoms. The average Bonchev–Trinajstić information content (AvgIpc) is 2.68. The molecule has 3 rings (SSSR count). The van der Waals surface area contributed by atoms with Gasteiger partial charge in [-0.3, -0.25) is 14.9 Å². The second kappa shape index (κ2) is 7.85. The molecule has 0 saturated heterocycles. The standard InChI is InChI=1S/C20H15N3O3/c24-20(13-8-15-6-10-18(11-7-15)23(25)26)22-19-12-9-17(14-21-19)16-4-2-1-3-5-16/h1-14H,(H,21,22,24). The summed E-state index contributed by atoms with van der Waals surface area (Å²) in [4.78, 5) is 26.4. The summed E-state index contributed by atoms with van der Waals surface area (Å²) in [6.07, 6.45) is 4.64. The molecule has 6 nitrogen and oxygen atoms in total. The summed E-state index contributed by atoms with van der Waals surface area (Å²) in [6.45, 7) is 0. The molecule has 0 bridgehead atoms. The van der Waals surface area contributed by atoms with Gasteiger partial charge in [-0.2, -0.15) is 0 Å². The number of nitro groups is 1. The van der Waals surface area contributed by atoms with Gasteiger partial charge in [0.25, 0.3) is 5.69 Å². The first-order valence-corrected chi connectivity index (χ1v) is 7.87. The highest BCUT2D eigenvalue weighted by Crippen LogP contribution is 2.19. The first-order valence-electron chi connectivity index (χ1n) is 7.87. The smallest absolute Gasteiger partial charge is 0.269 e. The van der Waals surface area contributed by atoms with Crippen molar-refractivity contribution in [3.63, 3.8) is 0 Å². The van der Waals surface area contributed by atoms with E-state index >= 15 is 0 Å². The lowest BCUT2D eigenvalue weighted by molar-refractivity contribution is -0.384. The highest BCUT2D eigenvalue weighted by Gasteiger charge is 2.04. The molecule has 1 N–H and O–H groups in total. The lowest BCUT2D eigenvalue weighted by atomic mass is 10.1. The van der Waals surface area contributed by atoms with Crippen LogP contribution in [0.4, 0.5) is 11.5 Å². The van der Waals surface area contributed by atoms with Crippen LogP contribution in [0.15, 0.2) is 79.0 Å². The van der Waals surface area contributed by atoms with E-state index in [9.17, 15) is 14.9 Å². The molecule has 0 saturated carbocycles. The average molecular weight is 345 g/mol. The minimum absolute atomic E-state index is 0.00862. The van der Waals surface area contributed by atoms with Crippen LogP contribution in [0.1, 0.15) is 5.56 Å². The molecule has 26 heavy (non-hydrogen) atoms. The molecular formula is C20H15N3O3. The van der Waals surface area contributed by atoms with E-state index in [0.717, 1.165) is 11.1 Å². The van der Waals surface area contributed by atoms with Gasteiger partial charge in [-0.25, -0.2) is 4.98 Å². The monoisotopic (exact) mass is 345 g/mol. The Morgan fingerprint density at radius 1 is 0.962 bits per heavy atom. The van der Waals surface area contributed by atoms with Gasteiger partial charge in [0.2, 0.25) is 5.91 Å². The number of nitrogens with one attached hydrogen (secondary N) is 1. The van der Waals surface area contributed by atoms with Crippen molar-refractivity contribution in [2.75, 3.05) is 5.32 Å². The summed E-state index contributed by atoms with van der Waals surface area (Å²) in [5, 5.41) is 13.3. The van der Waals surface area contributed by atoms with Gasteiger partial charge in [-0.15, -0.1) is 0 Å². The number of amides is 1. The maximum Gasteiger partial charge on any atom is 0.269 e. The van der Waals surface area contributed by atoms with Crippen molar-refractivity contribution in [1.29, 1.82) is 0 Å². The van der Waals surface area contributed by atoms with Crippen molar-refractivity contribution in [2.24, 2.45) is 0 Å². The maximum atomic E-state index is 12.0. The van der Waals surface area contributed by atoms with Gasteiger partial charge in [0.05, 0.1) is 4.92 Å². The molecular weight excluding hydrogens is 330 g/mol. The van der Waals surface area contributed by atoms with E-state index in [4.69, 9.17) is 0 Å². The van der Waals surface area contributed by atoms with Gasteiger partial charge >= 0.3 is 0 Å². The van der Waals surface area contributed by atoms with E-state index in [1.165, 1.54) is 18.2 Å². The zero-order valence-electron chi connectivity index (χ0n) is 13.7. The van der Waals surface area contributed by atoms with Crippen LogP contribution >= 0.6 is 0 Å². The van der Waals surface area contributed by atoms with Crippen LogP contribution in [0.5, 0.6) is 0 Å². The molecule has 0 atom stereocenters. The molecule has 128 valence electrons. The summed E-state index contributed by atoms with van der Waals surface area (Å²) >= 11 is 0. The predicted molar refractivity (Wildman–Crippen MR) is 100 cm³/mol. The van der Waals surface area contributed by atoms with Crippen LogP contribution in [0.3, 0.4) is 0 Å². The number of nitro benzene ring substituents is 1. The zero-order valence-corrected chi connectivity index (χ0v) is 13.7. The Labute approximate surface area is 150 Å². The highest BCUT2D eigenvalue weighted by molar-refractivity contribution is 6.01. The van der Waals surface area contributed by atoms with Gasteiger partial charge in [0, 0.05) is 30.0 Å². The first kappa shape index (κ1) is 17.0. The van der Waals surface area contributed by atoms with Crippen molar-refractivity contribution in [3.8, 4) is 11.1 Å². The number of nitrogens with zero attached hydrogens (tertiary/aromatic N) is 2. The minimum atomic E-state index is -0.467. The number of non-ortho nitro benzene ring substituents is 1. The number of carbonyl (C=O) groups is 1. The molecule has 0 fully saturated rings. The molecule has 6 heteroatoms. The molecule has 0 unspecified atom stereocenters. The normalized spacial score (nSPS) is 10.6. The van der Waals surface area contributed by atoms with Crippen LogP contribution in [0.25, 0.3) is 17.2 Å². The highest BCUT2D eigenvalue weighted by atomic mass is 16.6.